The fraction of sp³-hybridized carbons (Fsp3) is 0.562. The van der Waals surface area contributed by atoms with Gasteiger partial charge in [0.15, 0.2) is 0 Å². The van der Waals surface area contributed by atoms with Crippen LogP contribution in [0, 0.1) is 0 Å². The lowest BCUT2D eigenvalue weighted by Gasteiger charge is -1.96. The van der Waals surface area contributed by atoms with Gasteiger partial charge in [-0.3, -0.25) is 4.79 Å². The van der Waals surface area contributed by atoms with Gasteiger partial charge in [-0.05, 0) is 6.42 Å². The number of hydrogen-bond acceptors (Lipinski definition) is 7. The summed E-state index contributed by atoms with van der Waals surface area (Å²) in [5, 5.41) is 8.23. The van der Waals surface area contributed by atoms with E-state index in [0.717, 1.165) is 25.0 Å². The number of hydrogen-bond donors (Lipinski definition) is 1. The molecule has 0 bridgehead atoms. The summed E-state index contributed by atoms with van der Waals surface area (Å²) in [5.74, 6) is -1.02. The van der Waals surface area contributed by atoms with Gasteiger partial charge in [-0.1, -0.05) is 26.5 Å². The summed E-state index contributed by atoms with van der Waals surface area (Å²) >= 11 is 0. The molecule has 0 aliphatic carbocycles. The molecule has 0 aromatic heterocycles. The molecule has 0 fully saturated rings. The van der Waals surface area contributed by atoms with Crippen LogP contribution >= 0.6 is 0 Å². The van der Waals surface area contributed by atoms with Crippen molar-refractivity contribution in [2.24, 2.45) is 0 Å². The van der Waals surface area contributed by atoms with Crippen LogP contribution in [-0.4, -0.2) is 49.9 Å². The van der Waals surface area contributed by atoms with E-state index in [1.807, 2.05) is 0 Å². The SMILES string of the molecule is C=CC(=O)OC.C=CC(=O)OCCCO.CCCCOC(C)=O. The van der Waals surface area contributed by atoms with E-state index in [-0.39, 0.29) is 19.2 Å². The predicted octanol–water partition coefficient (Wildman–Crippen LogP) is 1.79. The molecule has 0 radical (unpaired) electrons. The Hall–Kier alpha value is -2.15. The third-order valence-electron chi connectivity index (χ3n) is 1.88. The number of methoxy groups -OCH3 is 1. The van der Waals surface area contributed by atoms with Gasteiger partial charge in [0, 0.05) is 32.1 Å². The molecule has 0 aliphatic rings. The van der Waals surface area contributed by atoms with Gasteiger partial charge in [0.1, 0.15) is 0 Å². The lowest BCUT2D eigenvalue weighted by Crippen LogP contribution is -2.02. The van der Waals surface area contributed by atoms with Crippen LogP contribution < -0.4 is 0 Å². The Morgan fingerprint density at radius 1 is 1.00 bits per heavy atom. The van der Waals surface area contributed by atoms with E-state index in [0.29, 0.717) is 13.0 Å². The second-order valence-corrected chi connectivity index (χ2v) is 3.87. The van der Waals surface area contributed by atoms with Gasteiger partial charge in [0.2, 0.25) is 0 Å². The number of aliphatic hydroxyl groups is 1. The highest BCUT2D eigenvalue weighted by Gasteiger charge is 1.91. The molecule has 0 aliphatic heterocycles. The molecule has 7 heteroatoms. The Labute approximate surface area is 137 Å². The zero-order chi connectivity index (χ0) is 18.5. The predicted molar refractivity (Wildman–Crippen MR) is 86.6 cm³/mol. The van der Waals surface area contributed by atoms with Crippen LogP contribution in [0.4, 0.5) is 0 Å². The van der Waals surface area contributed by atoms with E-state index < -0.39 is 11.9 Å². The van der Waals surface area contributed by atoms with Gasteiger partial charge in [-0.15, -0.1) is 0 Å². The summed E-state index contributed by atoms with van der Waals surface area (Å²) in [4.78, 5) is 30.2. The summed E-state index contributed by atoms with van der Waals surface area (Å²) < 4.78 is 13.3. The van der Waals surface area contributed by atoms with Crippen molar-refractivity contribution in [3.63, 3.8) is 0 Å². The first kappa shape index (κ1) is 25.8. The van der Waals surface area contributed by atoms with Crippen LogP contribution in [0.1, 0.15) is 33.1 Å². The fourth-order valence-electron chi connectivity index (χ4n) is 0.740. The Bertz CT molecular complexity index is 337. The van der Waals surface area contributed by atoms with Crippen molar-refractivity contribution in [1.29, 1.82) is 0 Å². The van der Waals surface area contributed by atoms with Crippen LogP contribution in [-0.2, 0) is 28.6 Å². The average Bonchev–Trinajstić information content (AvgIpc) is 2.55. The quantitative estimate of drug-likeness (QED) is 0.313. The minimum atomic E-state index is -0.441. The fourth-order valence-corrected chi connectivity index (χ4v) is 0.740. The molecule has 7 nitrogen and oxygen atoms in total. The van der Waals surface area contributed by atoms with E-state index in [9.17, 15) is 14.4 Å². The maximum Gasteiger partial charge on any atom is 0.330 e. The van der Waals surface area contributed by atoms with Crippen LogP contribution in [0.5, 0.6) is 0 Å². The number of carbonyl (C=O) groups excluding carboxylic acids is 3. The molecule has 0 aromatic carbocycles. The van der Waals surface area contributed by atoms with Gasteiger partial charge < -0.3 is 19.3 Å². The minimum Gasteiger partial charge on any atom is -0.466 e. The molecular formula is C16H28O7. The number of carbonyl (C=O) groups is 3. The average molecular weight is 332 g/mol. The first-order valence-electron chi connectivity index (χ1n) is 7.13. The molecule has 0 heterocycles. The standard InChI is InChI=1S/C6H10O3.C6H12O2.C4H6O2/c1-2-6(8)9-5-3-4-7;1-3-4-5-8-6(2)7;1-3-4(5)6-2/h2,7H,1,3-5H2;3-5H2,1-2H3;3H,1H2,2H3. The van der Waals surface area contributed by atoms with Gasteiger partial charge in [0.05, 0.1) is 20.3 Å². The third kappa shape index (κ3) is 33.0. The Kier molecular flexibility index (Phi) is 24.8. The highest BCUT2D eigenvalue weighted by Crippen LogP contribution is 1.86. The second-order valence-electron chi connectivity index (χ2n) is 3.87. The monoisotopic (exact) mass is 332 g/mol. The van der Waals surface area contributed by atoms with Crippen molar-refractivity contribution < 1.29 is 33.7 Å². The van der Waals surface area contributed by atoms with Crippen LogP contribution in [0.15, 0.2) is 25.3 Å². The van der Waals surface area contributed by atoms with Gasteiger partial charge in [0.25, 0.3) is 0 Å². The van der Waals surface area contributed by atoms with Gasteiger partial charge >= 0.3 is 17.9 Å². The Morgan fingerprint density at radius 2 is 1.52 bits per heavy atom. The smallest absolute Gasteiger partial charge is 0.330 e. The zero-order valence-electron chi connectivity index (χ0n) is 14.2. The van der Waals surface area contributed by atoms with Gasteiger partial charge in [-0.25, -0.2) is 9.59 Å². The molecule has 0 atom stereocenters. The van der Waals surface area contributed by atoms with Crippen molar-refractivity contribution in [2.75, 3.05) is 26.9 Å². The molecule has 0 saturated carbocycles. The largest absolute Gasteiger partial charge is 0.466 e. The van der Waals surface area contributed by atoms with Gasteiger partial charge in [-0.2, -0.15) is 0 Å². The summed E-state index contributed by atoms with van der Waals surface area (Å²) in [5.41, 5.74) is 0. The van der Waals surface area contributed by atoms with E-state index in [2.05, 4.69) is 34.3 Å². The number of esters is 3. The normalized spacial score (nSPS) is 8.17. The summed E-state index contributed by atoms with van der Waals surface area (Å²) in [7, 11) is 1.31. The van der Waals surface area contributed by atoms with E-state index in [4.69, 9.17) is 5.11 Å². The van der Waals surface area contributed by atoms with Crippen molar-refractivity contribution in [2.45, 2.75) is 33.1 Å². The molecule has 0 rings (SSSR count). The van der Waals surface area contributed by atoms with Crippen molar-refractivity contribution in [1.82, 2.24) is 0 Å². The van der Waals surface area contributed by atoms with Crippen molar-refractivity contribution in [3.8, 4) is 0 Å². The molecule has 134 valence electrons. The first-order valence-corrected chi connectivity index (χ1v) is 7.13. The Morgan fingerprint density at radius 3 is 1.83 bits per heavy atom. The summed E-state index contributed by atoms with van der Waals surface area (Å²) in [6, 6.07) is 0. The molecule has 0 amide bonds. The zero-order valence-corrected chi connectivity index (χ0v) is 14.2. The highest BCUT2D eigenvalue weighted by molar-refractivity contribution is 5.81. The molecule has 23 heavy (non-hydrogen) atoms. The summed E-state index contributed by atoms with van der Waals surface area (Å²) in [6.07, 6.45) is 4.74. The van der Waals surface area contributed by atoms with Crippen LogP contribution in [0.2, 0.25) is 0 Å². The number of aliphatic hydroxyl groups excluding tert-OH is 1. The number of ether oxygens (including phenoxy) is 3. The second kappa shape index (κ2) is 22.1. The van der Waals surface area contributed by atoms with E-state index >= 15 is 0 Å². The van der Waals surface area contributed by atoms with E-state index in [1.54, 1.807) is 0 Å². The minimum absolute atomic E-state index is 0.0461. The number of rotatable bonds is 8. The molecule has 1 N–H and O–H groups in total. The first-order chi connectivity index (χ1) is 10.9. The maximum absolute atomic E-state index is 10.3. The number of unbranched alkanes of at least 4 members (excludes halogenated alkanes) is 1. The molecule has 0 saturated heterocycles. The lowest BCUT2D eigenvalue weighted by atomic mass is 10.4. The lowest BCUT2D eigenvalue weighted by molar-refractivity contribution is -0.141. The molecule has 0 aromatic rings. The van der Waals surface area contributed by atoms with E-state index in [1.165, 1.54) is 14.0 Å². The van der Waals surface area contributed by atoms with Crippen molar-refractivity contribution >= 4 is 17.9 Å². The summed E-state index contributed by atoms with van der Waals surface area (Å²) in [6.45, 7) is 10.7. The highest BCUT2D eigenvalue weighted by atomic mass is 16.5. The molecular weight excluding hydrogens is 304 g/mol. The third-order valence-corrected chi connectivity index (χ3v) is 1.88. The molecule has 0 unspecified atom stereocenters. The Balaban J connectivity index is -0.000000266. The molecule has 0 spiro atoms. The van der Waals surface area contributed by atoms with Crippen molar-refractivity contribution in [3.05, 3.63) is 25.3 Å². The topological polar surface area (TPSA) is 99.1 Å². The maximum atomic E-state index is 10.3. The van der Waals surface area contributed by atoms with Crippen LogP contribution in [0.25, 0.3) is 0 Å². The van der Waals surface area contributed by atoms with Crippen LogP contribution in [0.3, 0.4) is 0 Å².